The van der Waals surface area contributed by atoms with Gasteiger partial charge < -0.3 is 10.2 Å². The van der Waals surface area contributed by atoms with E-state index in [0.717, 1.165) is 30.6 Å². The topological polar surface area (TPSA) is 15.3 Å². The normalized spacial score (nSPS) is 16.7. The van der Waals surface area contributed by atoms with Gasteiger partial charge in [-0.2, -0.15) is 0 Å². The van der Waals surface area contributed by atoms with Crippen LogP contribution < -0.4 is 21.1 Å². The van der Waals surface area contributed by atoms with Gasteiger partial charge in [0, 0.05) is 34.0 Å². The third-order valence-corrected chi connectivity index (χ3v) is 20.2. The van der Waals surface area contributed by atoms with Crippen LogP contribution in [0.3, 0.4) is 0 Å². The maximum Gasteiger partial charge on any atom is 0.197 e. The lowest BCUT2D eigenvalue weighted by molar-refractivity contribution is 0.332. The van der Waals surface area contributed by atoms with E-state index < -0.39 is 0 Å². The van der Waals surface area contributed by atoms with Crippen molar-refractivity contribution in [1.82, 2.24) is 0 Å². The minimum absolute atomic E-state index is 0.116. The van der Waals surface area contributed by atoms with Crippen molar-refractivity contribution in [2.45, 2.75) is 143 Å². The molecule has 3 aliphatic carbocycles. The summed E-state index contributed by atoms with van der Waals surface area (Å²) in [5.74, 6) is 0.537. The molecule has 1 N–H and O–H groups in total. The Bertz CT molecular complexity index is 4270. The zero-order valence-corrected chi connectivity index (χ0v) is 50.8. The maximum absolute atomic E-state index is 4.01. The van der Waals surface area contributed by atoms with Crippen molar-refractivity contribution < 1.29 is 0 Å². The van der Waals surface area contributed by atoms with Gasteiger partial charge in [-0.25, -0.2) is 0 Å². The van der Waals surface area contributed by atoms with Gasteiger partial charge in [0.15, 0.2) is 7.28 Å². The highest BCUT2D eigenvalue weighted by atomic mass is 15.1. The Morgan fingerprint density at radius 2 is 1.18 bits per heavy atom. The first-order valence-corrected chi connectivity index (χ1v) is 30.9. The summed E-state index contributed by atoms with van der Waals surface area (Å²) < 4.78 is 0. The molecule has 0 fully saturated rings. The van der Waals surface area contributed by atoms with Crippen LogP contribution in [0.15, 0.2) is 176 Å². The van der Waals surface area contributed by atoms with Crippen molar-refractivity contribution >= 4 is 57.4 Å². The van der Waals surface area contributed by atoms with Crippen LogP contribution in [0.25, 0.3) is 66.4 Å². The quantitative estimate of drug-likeness (QED) is 0.145. The second-order valence-corrected chi connectivity index (χ2v) is 27.2. The summed E-state index contributed by atoms with van der Waals surface area (Å²) in [6.07, 6.45) is 7.84. The highest BCUT2D eigenvalue weighted by Gasteiger charge is 2.40. The van der Waals surface area contributed by atoms with E-state index in [4.69, 9.17) is 0 Å². The van der Waals surface area contributed by atoms with Gasteiger partial charge in [-0.1, -0.05) is 189 Å². The number of nitrogens with one attached hydrogen (secondary N) is 1. The number of benzene rings is 10. The van der Waals surface area contributed by atoms with E-state index in [1.165, 1.54) is 165 Å². The number of fused-ring (bicyclic) bond motifs is 8. The Hall–Kier alpha value is -7.88. The van der Waals surface area contributed by atoms with Crippen molar-refractivity contribution in [2.75, 3.05) is 10.2 Å². The smallest absolute Gasteiger partial charge is 0.197 e. The summed E-state index contributed by atoms with van der Waals surface area (Å²) >= 11 is 0. The number of hydrogen-bond donors (Lipinski definition) is 1. The molecule has 0 aromatic heterocycles. The lowest BCUT2D eigenvalue weighted by Crippen LogP contribution is -2.41. The molecule has 1 aliphatic heterocycles. The van der Waals surface area contributed by atoms with Crippen molar-refractivity contribution in [1.29, 1.82) is 0 Å². The number of nitrogens with zero attached hydrogens (tertiary/aromatic N) is 1. The monoisotopic (exact) mass is 1080 g/mol. The molecule has 0 bridgehead atoms. The molecular weight excluding hydrogens is 1000 g/mol. The maximum atomic E-state index is 4.01. The van der Waals surface area contributed by atoms with E-state index in [9.17, 15) is 0 Å². The SMILES string of the molecule is CCCc1cc(N2c3cc4c(cc3[B]c3c(-c5cc6ccccc6cc5Nc5ccc(-c6ccccc6)cc5)cc(-c5ccccc5C)cc32)-c2cc3c(cc2C4)C(C)(C)CCC3(C)C)ccc1-c1c(C)cc2c(c1C)C(C)CCC2(C)C. The van der Waals surface area contributed by atoms with E-state index in [1.807, 2.05) is 0 Å². The van der Waals surface area contributed by atoms with Gasteiger partial charge in [-0.05, 0) is 258 Å². The van der Waals surface area contributed by atoms with Crippen LogP contribution in [0.4, 0.5) is 28.4 Å². The molecule has 1 radical (unpaired) electrons. The summed E-state index contributed by atoms with van der Waals surface area (Å²) in [7, 11) is 2.54. The standard InChI is InChI=1S/C80H78BN2/c1-12-20-56-39-61(31-32-63(56)75-50(4)37-70-76(51(75)5)49(3)33-34-78(70,6)7)83-73-44-58-38-57-42-68-69(80(10,11)36-35-79(68,8)9)46-64(57)65(58)47-71(73)81-77-67(41-59(45-74(77)83)62-26-19-16-21-48(62)2)66-40-54-24-17-18-25-55(54)43-72(66)82-60-29-27-53(28-30-60)52-22-14-13-15-23-52/h13-19,21-32,37,39-47,49,82H,12,20,33-36,38H2,1-11H3. The van der Waals surface area contributed by atoms with Gasteiger partial charge >= 0.3 is 0 Å². The largest absolute Gasteiger partial charge is 0.355 e. The molecule has 411 valence electrons. The number of aryl methyl sites for hydroxylation is 3. The first-order valence-electron chi connectivity index (χ1n) is 30.9. The molecule has 1 atom stereocenters. The van der Waals surface area contributed by atoms with Crippen LogP contribution in [0.2, 0.25) is 0 Å². The highest BCUT2D eigenvalue weighted by molar-refractivity contribution is 6.73. The second kappa shape index (κ2) is 19.9. The molecule has 0 amide bonds. The minimum atomic E-state index is 0.116. The van der Waals surface area contributed by atoms with E-state index in [1.54, 1.807) is 11.1 Å². The fraction of sp³-hybridized carbons (Fsp3) is 0.275. The van der Waals surface area contributed by atoms with Gasteiger partial charge in [-0.3, -0.25) is 0 Å². The molecule has 1 heterocycles. The molecule has 0 saturated carbocycles. The zero-order valence-electron chi connectivity index (χ0n) is 50.8. The molecule has 14 rings (SSSR count). The van der Waals surface area contributed by atoms with E-state index in [-0.39, 0.29) is 16.2 Å². The summed E-state index contributed by atoms with van der Waals surface area (Å²) in [6, 6.07) is 67.7. The molecule has 4 aliphatic rings. The van der Waals surface area contributed by atoms with Crippen molar-refractivity contribution in [3.8, 4) is 55.6 Å². The van der Waals surface area contributed by atoms with E-state index >= 15 is 0 Å². The zero-order chi connectivity index (χ0) is 57.3. The lowest BCUT2D eigenvalue weighted by Gasteiger charge is -2.42. The summed E-state index contributed by atoms with van der Waals surface area (Å²) in [4.78, 5) is 2.66. The molecule has 3 heteroatoms. The Morgan fingerprint density at radius 1 is 0.518 bits per heavy atom. The lowest BCUT2D eigenvalue weighted by atomic mass is 9.57. The molecule has 10 aromatic rings. The first-order chi connectivity index (χ1) is 39.9. The highest BCUT2D eigenvalue weighted by Crippen LogP contribution is 2.53. The van der Waals surface area contributed by atoms with Crippen molar-refractivity contribution in [3.05, 3.63) is 232 Å². The van der Waals surface area contributed by atoms with E-state index in [2.05, 4.69) is 270 Å². The van der Waals surface area contributed by atoms with Crippen LogP contribution in [-0.4, -0.2) is 7.28 Å². The van der Waals surface area contributed by atoms with Crippen molar-refractivity contribution in [2.24, 2.45) is 0 Å². The fourth-order valence-corrected chi connectivity index (χ4v) is 15.4. The molecular formula is C80H78BN2. The van der Waals surface area contributed by atoms with Gasteiger partial charge in [0.05, 0.1) is 0 Å². The predicted molar refractivity (Wildman–Crippen MR) is 358 cm³/mol. The Kier molecular flexibility index (Phi) is 12.7. The third-order valence-electron chi connectivity index (χ3n) is 20.2. The fourth-order valence-electron chi connectivity index (χ4n) is 15.4. The first kappa shape index (κ1) is 53.2. The summed E-state index contributed by atoms with van der Waals surface area (Å²) in [5, 5.41) is 6.43. The summed E-state index contributed by atoms with van der Waals surface area (Å²) in [5.41, 5.74) is 36.1. The molecule has 2 nitrogen and oxygen atoms in total. The number of rotatable bonds is 9. The van der Waals surface area contributed by atoms with Crippen LogP contribution >= 0.6 is 0 Å². The van der Waals surface area contributed by atoms with Gasteiger partial charge in [0.2, 0.25) is 0 Å². The molecule has 1 unspecified atom stereocenters. The van der Waals surface area contributed by atoms with Crippen LogP contribution in [0.1, 0.15) is 149 Å². The summed E-state index contributed by atoms with van der Waals surface area (Å²) in [6.45, 7) is 26.7. The van der Waals surface area contributed by atoms with E-state index in [0.29, 0.717) is 5.92 Å². The third kappa shape index (κ3) is 8.99. The predicted octanol–water partition coefficient (Wildman–Crippen LogP) is 20.7. The number of anilines is 5. The number of hydrogen-bond acceptors (Lipinski definition) is 2. The Morgan fingerprint density at radius 3 is 1.93 bits per heavy atom. The second-order valence-electron chi connectivity index (χ2n) is 27.2. The van der Waals surface area contributed by atoms with Gasteiger partial charge in [0.1, 0.15) is 0 Å². The molecule has 0 saturated heterocycles. The average Bonchev–Trinajstić information content (AvgIpc) is 2.26. The molecule has 83 heavy (non-hydrogen) atoms. The van der Waals surface area contributed by atoms with Crippen LogP contribution in [-0.2, 0) is 29.1 Å². The average molecular weight is 1080 g/mol. The minimum Gasteiger partial charge on any atom is -0.355 e. The van der Waals surface area contributed by atoms with Crippen molar-refractivity contribution in [3.63, 3.8) is 0 Å². The van der Waals surface area contributed by atoms with Gasteiger partial charge in [-0.15, -0.1) is 0 Å². The van der Waals surface area contributed by atoms with Gasteiger partial charge in [0.25, 0.3) is 0 Å². The van der Waals surface area contributed by atoms with Crippen LogP contribution in [0, 0.1) is 20.8 Å². The molecule has 0 spiro atoms. The molecule has 10 aromatic carbocycles. The van der Waals surface area contributed by atoms with Crippen LogP contribution in [0.5, 0.6) is 0 Å². The Balaban J connectivity index is 1.01. The Labute approximate surface area is 495 Å².